The highest BCUT2D eigenvalue weighted by molar-refractivity contribution is 7.47. The lowest BCUT2D eigenvalue weighted by atomic mass is 10.0. The third-order valence-electron chi connectivity index (χ3n) is 13.0. The van der Waals surface area contributed by atoms with Crippen LogP contribution in [0.1, 0.15) is 290 Å². The van der Waals surface area contributed by atoms with Crippen LogP contribution in [0, 0.1) is 0 Å². The molecule has 0 aliphatic rings. The van der Waals surface area contributed by atoms with Crippen molar-refractivity contribution in [3.05, 3.63) is 12.2 Å². The Morgan fingerprint density at radius 2 is 0.761 bits per heavy atom. The molecule has 2 atom stereocenters. The van der Waals surface area contributed by atoms with E-state index in [2.05, 4.69) is 26.0 Å². The fourth-order valence-corrected chi connectivity index (χ4v) is 9.28. The summed E-state index contributed by atoms with van der Waals surface area (Å²) in [5.41, 5.74) is 0. The Kier molecular flexibility index (Phi) is 48.8. The number of hydrogen-bond acceptors (Lipinski definition) is 7. The van der Waals surface area contributed by atoms with E-state index in [1.54, 1.807) is 0 Å². The first-order chi connectivity index (χ1) is 32.5. The fraction of sp³-hybridized carbons (Fsp3) is 0.930. The van der Waals surface area contributed by atoms with Gasteiger partial charge >= 0.3 is 19.8 Å². The zero-order valence-electron chi connectivity index (χ0n) is 45.2. The summed E-state index contributed by atoms with van der Waals surface area (Å²) in [6, 6.07) is 0. The molecule has 0 heterocycles. The molecular formula is C57H113NO8P+. The van der Waals surface area contributed by atoms with Crippen LogP contribution in [0.2, 0.25) is 0 Å². The van der Waals surface area contributed by atoms with Gasteiger partial charge in [-0.15, -0.1) is 0 Å². The van der Waals surface area contributed by atoms with Gasteiger partial charge in [-0.3, -0.25) is 18.6 Å². The van der Waals surface area contributed by atoms with Gasteiger partial charge in [-0.2, -0.15) is 0 Å². The van der Waals surface area contributed by atoms with Gasteiger partial charge in [0.25, 0.3) is 0 Å². The normalized spacial score (nSPS) is 13.3. The number of likely N-dealkylation sites (N-methyl/N-ethyl adjacent to an activating group) is 1. The van der Waals surface area contributed by atoms with Crippen LogP contribution in [0.5, 0.6) is 0 Å². The van der Waals surface area contributed by atoms with Crippen molar-refractivity contribution in [3.63, 3.8) is 0 Å². The first-order valence-electron chi connectivity index (χ1n) is 28.9. The Balaban J connectivity index is 4.13. The molecule has 9 nitrogen and oxygen atoms in total. The van der Waals surface area contributed by atoms with E-state index >= 15 is 0 Å². The third kappa shape index (κ3) is 53.9. The van der Waals surface area contributed by atoms with Gasteiger partial charge in [0.05, 0.1) is 27.7 Å². The van der Waals surface area contributed by atoms with Crippen LogP contribution in [-0.2, 0) is 32.7 Å². The smallest absolute Gasteiger partial charge is 0.462 e. The lowest BCUT2D eigenvalue weighted by Gasteiger charge is -2.24. The van der Waals surface area contributed by atoms with Gasteiger partial charge in [-0.25, -0.2) is 4.57 Å². The standard InChI is InChI=1S/C57H112NO8P/c1-6-8-10-12-14-16-18-20-22-24-26-28-30-31-33-35-37-39-41-43-45-47-49-56(59)63-53-55(54-65-67(61,62)64-52-51-58(3,4)5)66-57(60)50-48-46-44-42-40-38-36-34-32-29-27-25-23-21-19-17-15-13-11-9-7-2/h21,23,55H,6-20,22,24-54H2,1-5H3/p+1/b23-21+/t55-/m1/s1. The minimum atomic E-state index is -4.38. The van der Waals surface area contributed by atoms with Crippen LogP contribution < -0.4 is 0 Å². The molecule has 0 radical (unpaired) electrons. The predicted octanol–water partition coefficient (Wildman–Crippen LogP) is 17.7. The number of allylic oxidation sites excluding steroid dienone is 2. The first-order valence-corrected chi connectivity index (χ1v) is 30.4. The van der Waals surface area contributed by atoms with Crippen molar-refractivity contribution in [2.75, 3.05) is 47.5 Å². The second kappa shape index (κ2) is 49.7. The summed E-state index contributed by atoms with van der Waals surface area (Å²) in [6.45, 7) is 4.49. The van der Waals surface area contributed by atoms with Crippen molar-refractivity contribution >= 4 is 19.8 Å². The summed E-state index contributed by atoms with van der Waals surface area (Å²) in [6.07, 6.45) is 57.0. The molecule has 398 valence electrons. The molecule has 0 spiro atoms. The number of unbranched alkanes of at least 4 members (excludes halogenated alkanes) is 38. The zero-order valence-corrected chi connectivity index (χ0v) is 46.1. The minimum Gasteiger partial charge on any atom is -0.462 e. The van der Waals surface area contributed by atoms with Crippen LogP contribution >= 0.6 is 7.82 Å². The molecule has 1 N–H and O–H groups in total. The molecule has 0 aromatic carbocycles. The van der Waals surface area contributed by atoms with Gasteiger partial charge in [0.1, 0.15) is 19.8 Å². The van der Waals surface area contributed by atoms with Gasteiger partial charge in [0.15, 0.2) is 6.10 Å². The van der Waals surface area contributed by atoms with E-state index in [9.17, 15) is 19.0 Å². The van der Waals surface area contributed by atoms with Crippen LogP contribution in [0.3, 0.4) is 0 Å². The predicted molar refractivity (Wildman–Crippen MR) is 284 cm³/mol. The quantitative estimate of drug-likeness (QED) is 0.0211. The van der Waals surface area contributed by atoms with Crippen LogP contribution in [0.15, 0.2) is 12.2 Å². The van der Waals surface area contributed by atoms with Crippen molar-refractivity contribution in [1.29, 1.82) is 0 Å². The summed E-state index contributed by atoms with van der Waals surface area (Å²) < 4.78 is 34.6. The molecule has 0 aliphatic carbocycles. The number of nitrogens with zero attached hydrogens (tertiary/aromatic N) is 1. The lowest BCUT2D eigenvalue weighted by molar-refractivity contribution is -0.870. The maximum Gasteiger partial charge on any atom is 0.472 e. The topological polar surface area (TPSA) is 108 Å². The Hall–Kier alpha value is -1.25. The number of carbonyl (C=O) groups is 2. The number of phosphoric acid groups is 1. The lowest BCUT2D eigenvalue weighted by Crippen LogP contribution is -2.37. The number of carbonyl (C=O) groups excluding carboxylic acids is 2. The molecule has 0 aromatic rings. The van der Waals surface area contributed by atoms with E-state index in [0.717, 1.165) is 32.1 Å². The van der Waals surface area contributed by atoms with Crippen LogP contribution in [-0.4, -0.2) is 74.9 Å². The Bertz CT molecular complexity index is 1140. The highest BCUT2D eigenvalue weighted by Gasteiger charge is 2.27. The first kappa shape index (κ1) is 65.8. The van der Waals surface area contributed by atoms with Crippen molar-refractivity contribution in [3.8, 4) is 0 Å². The number of phosphoric ester groups is 1. The maximum atomic E-state index is 12.8. The Morgan fingerprint density at radius 1 is 0.448 bits per heavy atom. The molecule has 67 heavy (non-hydrogen) atoms. The average molecular weight is 972 g/mol. The molecule has 0 fully saturated rings. The van der Waals surface area contributed by atoms with Gasteiger partial charge in [-0.1, -0.05) is 251 Å². The number of hydrogen-bond donors (Lipinski definition) is 1. The highest BCUT2D eigenvalue weighted by Crippen LogP contribution is 2.43. The van der Waals surface area contributed by atoms with Crippen molar-refractivity contribution in [2.24, 2.45) is 0 Å². The second-order valence-electron chi connectivity index (χ2n) is 21.0. The number of rotatable bonds is 54. The van der Waals surface area contributed by atoms with Gasteiger partial charge in [0, 0.05) is 12.8 Å². The van der Waals surface area contributed by atoms with Gasteiger partial charge in [0.2, 0.25) is 0 Å². The Labute approximate surface area is 416 Å². The third-order valence-corrected chi connectivity index (χ3v) is 14.0. The average Bonchev–Trinajstić information content (AvgIpc) is 3.29. The molecule has 10 heteroatoms. The molecule has 0 bridgehead atoms. The molecule has 1 unspecified atom stereocenters. The largest absolute Gasteiger partial charge is 0.472 e. The van der Waals surface area contributed by atoms with E-state index in [0.29, 0.717) is 23.9 Å². The number of quaternary nitrogens is 1. The van der Waals surface area contributed by atoms with Crippen LogP contribution in [0.4, 0.5) is 0 Å². The summed E-state index contributed by atoms with van der Waals surface area (Å²) in [4.78, 5) is 35.7. The van der Waals surface area contributed by atoms with E-state index in [1.165, 1.54) is 225 Å². The highest BCUT2D eigenvalue weighted by atomic mass is 31.2. The summed E-state index contributed by atoms with van der Waals surface area (Å²) in [5, 5.41) is 0. The maximum absolute atomic E-state index is 12.8. The second-order valence-corrected chi connectivity index (χ2v) is 22.5. The SMILES string of the molecule is CCCCCCCC/C=C/CCCCCCCCCCCCCC(=O)O[C@H](COC(=O)CCCCCCCCCCCCCCCCCCCCCCCC)COP(=O)(O)OCC[N+](C)(C)C. The molecule has 0 saturated carbocycles. The van der Waals surface area contributed by atoms with Gasteiger partial charge in [-0.05, 0) is 38.5 Å². The molecule has 0 aromatic heterocycles. The number of esters is 2. The number of ether oxygens (including phenoxy) is 2. The van der Waals surface area contributed by atoms with Gasteiger partial charge < -0.3 is 18.9 Å². The van der Waals surface area contributed by atoms with E-state index in [4.69, 9.17) is 18.5 Å². The van der Waals surface area contributed by atoms with Crippen molar-refractivity contribution in [2.45, 2.75) is 296 Å². The van der Waals surface area contributed by atoms with Crippen molar-refractivity contribution in [1.82, 2.24) is 0 Å². The van der Waals surface area contributed by atoms with E-state index in [1.807, 2.05) is 21.1 Å². The molecule has 0 rings (SSSR count). The monoisotopic (exact) mass is 971 g/mol. The summed E-state index contributed by atoms with van der Waals surface area (Å²) >= 11 is 0. The minimum absolute atomic E-state index is 0.0355. The molecule has 0 amide bonds. The molecular weight excluding hydrogens is 858 g/mol. The zero-order chi connectivity index (χ0) is 49.2. The molecule has 0 aliphatic heterocycles. The van der Waals surface area contributed by atoms with E-state index < -0.39 is 26.5 Å². The van der Waals surface area contributed by atoms with E-state index in [-0.39, 0.29) is 25.6 Å². The fourth-order valence-electron chi connectivity index (χ4n) is 8.54. The van der Waals surface area contributed by atoms with Crippen LogP contribution in [0.25, 0.3) is 0 Å². The van der Waals surface area contributed by atoms with Crippen molar-refractivity contribution < 1.29 is 42.1 Å². The molecule has 0 saturated heterocycles. The summed E-state index contributed by atoms with van der Waals surface area (Å²) in [5.74, 6) is -0.779. The Morgan fingerprint density at radius 3 is 1.10 bits per heavy atom. The summed E-state index contributed by atoms with van der Waals surface area (Å²) in [7, 11) is 1.49.